The zero-order valence-corrected chi connectivity index (χ0v) is 59.8. The fraction of sp³-hybridized carbons (Fsp3) is 0.309. The lowest BCUT2D eigenvalue weighted by molar-refractivity contribution is -0.189. The predicted molar refractivity (Wildman–Crippen MR) is 348 cm³/mol. The average Bonchev–Trinajstić information content (AvgIpc) is 0.974. The van der Waals surface area contributed by atoms with Crippen molar-refractivity contribution in [1.82, 2.24) is 81.5 Å². The molecule has 0 aromatic rings. The molecule has 0 unspecified atom stereocenters. The Kier molecular flexibility index (Phi) is 87.9. The van der Waals surface area contributed by atoms with Crippen molar-refractivity contribution < 1.29 is 185 Å². The molecular formula is C55H62N20O38. The number of hydrazone groups is 1. The van der Waals surface area contributed by atoms with E-state index in [0.29, 0.717) is 0 Å². The number of rotatable bonds is 7. The van der Waals surface area contributed by atoms with Gasteiger partial charge in [-0.3, -0.25) is 25.0 Å². The van der Waals surface area contributed by atoms with Gasteiger partial charge in [-0.1, -0.05) is 38.7 Å². The van der Waals surface area contributed by atoms with Crippen LogP contribution in [-0.4, -0.2) is 144 Å². The minimum absolute atomic E-state index is 0.167. The third-order valence-electron chi connectivity index (χ3n) is 5.53. The van der Waals surface area contributed by atoms with Crippen molar-refractivity contribution in [3.8, 4) is 126 Å². The van der Waals surface area contributed by atoms with Crippen molar-refractivity contribution in [1.29, 1.82) is 15.8 Å². The lowest BCUT2D eigenvalue weighted by Gasteiger charge is -2.10. The van der Waals surface area contributed by atoms with E-state index in [1.54, 1.807) is 94.9 Å². The fourth-order valence-corrected chi connectivity index (χ4v) is 2.78. The Morgan fingerprint density at radius 2 is 0.531 bits per heavy atom. The number of nitriles is 3. The van der Waals surface area contributed by atoms with Gasteiger partial charge < -0.3 is 19.3 Å². The molecule has 0 fully saturated rings. The molecule has 15 amide bonds. The summed E-state index contributed by atoms with van der Waals surface area (Å²) in [6, 6.07) is 0. The molecule has 0 aliphatic rings. The van der Waals surface area contributed by atoms with Crippen molar-refractivity contribution >= 4 is 104 Å². The third-order valence-corrected chi connectivity index (χ3v) is 5.53. The fourth-order valence-electron chi connectivity index (χ4n) is 2.78. The summed E-state index contributed by atoms with van der Waals surface area (Å²) in [7, 11) is 0. The Balaban J connectivity index is -0.000000172. The van der Waals surface area contributed by atoms with Crippen LogP contribution in [-0.2, 0) is 97.0 Å². The number of nitrogens with one attached hydrogen (secondary N) is 15. The standard InChI is InChI=1S/C19H4.C12H20N6O12.C9H12N6O11.C6H4N6O10.C3H8O.C2N2O2.2C2H6.H2O2/c1-3-5-7-9-11-13-15-17-19-18-16-14-12-10-8-6-4-2;1-5(2)25-7(19)13-15-9(21)27-29-11(23)17-18-12(24)30-28-10(22)16-14-8(20)26-6(3)4;1-4(2)22-5(16)11-12-6(17)23-24-7(18)13-14-8(19)25-26-9(20)15-21-3-10;7-1-18-12-6(17)22-21-5(16)11-10-4(15)20-19-3(14)9-8-2-13;1-3(2)4;3-1-6-4-2-5;3*1-2/h1H,2H3;5-6H,1-4H3,(H,13,19)(H,14,20)(H,15,21)(H,16,22)(H,17,23)(H,18,24);4H,1-2H3,(H,11,16)(H,12,17)(H,13,18)(H,14,19)(H,15,20);(H,9,14)(H,10,15)(H,11,16)(H,12,17);3-4H,1-2H3;;2*1-2H3;1-2H. The van der Waals surface area contributed by atoms with Crippen LogP contribution in [0.1, 0.15) is 90.0 Å². The number of isocyanates is 2. The molecule has 0 saturated heterocycles. The molecule has 0 rings (SSSR count). The molecule has 0 spiro atoms. The number of hydroxylamine groups is 2. The molecule has 0 aliphatic heterocycles. The topological polar surface area (TPSA) is 794 Å². The van der Waals surface area contributed by atoms with Crippen LogP contribution < -0.4 is 81.5 Å². The summed E-state index contributed by atoms with van der Waals surface area (Å²) >= 11 is 0. The lowest BCUT2D eigenvalue weighted by atomic mass is 10.5. The number of nitrogens with zero attached hydrogens (tertiary/aromatic N) is 5. The normalized spacial score (nSPS) is 7.36. The molecule has 0 bridgehead atoms. The SMILES string of the molecule is C#CC#CC#CC#CC#CC#CC#CC#CC#CC.CC.CC.CC(C)O.CC(C)OC(=O)NNC(=O)OOC(=O)NNC(=O)OOC(=O)NNC(=O)OC(C)C.CC(C)OC(=O)NNC(=O)OOC(=O)NNC(=O)OOC(=O)NOC#N.N#CON=C=O.N#CONC(=O)OOC(=O)NNC(=O)OOC(=O)NN=C=O.OO. The summed E-state index contributed by atoms with van der Waals surface area (Å²) < 4.78 is 13.8. The van der Waals surface area contributed by atoms with Crippen LogP contribution >= 0.6 is 0 Å². The number of amides is 15. The maximum atomic E-state index is 11.1. The van der Waals surface area contributed by atoms with Crippen LogP contribution in [0.3, 0.4) is 0 Å². The van der Waals surface area contributed by atoms with Crippen molar-refractivity contribution in [3.05, 3.63) is 0 Å². The van der Waals surface area contributed by atoms with Gasteiger partial charge in [0, 0.05) is 11.3 Å². The first-order chi connectivity index (χ1) is 53.8. The molecule has 0 radical (unpaired) electrons. The Morgan fingerprint density at radius 1 is 0.327 bits per heavy atom. The van der Waals surface area contributed by atoms with Gasteiger partial charge in [0.2, 0.25) is 0 Å². The van der Waals surface area contributed by atoms with Gasteiger partial charge in [-0.15, -0.1) is 33.2 Å². The number of ether oxygens (including phenoxy) is 3. The highest BCUT2D eigenvalue weighted by molar-refractivity contribution is 5.79. The number of carbonyl (C=O) groups is 15. The van der Waals surface area contributed by atoms with Crippen molar-refractivity contribution in [2.24, 2.45) is 10.3 Å². The average molecular weight is 1610 g/mol. The van der Waals surface area contributed by atoms with E-state index in [1.165, 1.54) is 48.9 Å². The van der Waals surface area contributed by atoms with E-state index >= 15 is 0 Å². The van der Waals surface area contributed by atoms with Gasteiger partial charge in [0.1, 0.15) is 0 Å². The maximum absolute atomic E-state index is 11.1. The van der Waals surface area contributed by atoms with Crippen LogP contribution in [0.2, 0.25) is 0 Å². The summed E-state index contributed by atoms with van der Waals surface area (Å²) in [5.74, 6) is 41.9. The van der Waals surface area contributed by atoms with Gasteiger partial charge in [0.05, 0.1) is 18.3 Å². The number of carbonyl (C=O) groups excluding carboxylic acids is 17. The second kappa shape index (κ2) is 87.8. The van der Waals surface area contributed by atoms with E-state index in [1.807, 2.05) is 27.7 Å². The van der Waals surface area contributed by atoms with Crippen LogP contribution in [0.4, 0.5) is 71.9 Å². The van der Waals surface area contributed by atoms with Crippen molar-refractivity contribution in [2.45, 2.75) is 114 Å². The van der Waals surface area contributed by atoms with E-state index in [0.717, 1.165) is 30.9 Å². The molecule has 0 atom stereocenters. The number of hydrogen-bond acceptors (Lipinski definition) is 43. The number of hydrazine groups is 6. The largest absolute Gasteiger partial charge is 0.483 e. The molecule has 0 saturated carbocycles. The van der Waals surface area contributed by atoms with Crippen LogP contribution in [0, 0.1) is 142 Å². The molecule has 18 N–H and O–H groups in total. The molecular weight excluding hydrogens is 1550 g/mol. The molecule has 0 aliphatic carbocycles. The minimum atomic E-state index is -1.52. The summed E-state index contributed by atoms with van der Waals surface area (Å²) in [6.45, 7) is 22.5. The summed E-state index contributed by atoms with van der Waals surface area (Å²) in [6.07, 6.45) is -12.2. The molecule has 610 valence electrons. The second-order valence-electron chi connectivity index (χ2n) is 14.9. The number of terminal acetylenes is 1. The summed E-state index contributed by atoms with van der Waals surface area (Å²) in [5.41, 5.74) is 23.4. The molecule has 0 aromatic carbocycles. The minimum Gasteiger partial charge on any atom is -0.446 e. The van der Waals surface area contributed by atoms with Crippen molar-refractivity contribution in [3.63, 3.8) is 0 Å². The van der Waals surface area contributed by atoms with Gasteiger partial charge >= 0.3 is 110 Å². The first-order valence-corrected chi connectivity index (χ1v) is 27.9. The smallest absolute Gasteiger partial charge is 0.446 e. The van der Waals surface area contributed by atoms with Crippen LogP contribution in [0.5, 0.6) is 0 Å². The Bertz CT molecular complexity index is 3800. The maximum Gasteiger partial charge on any atom is 0.483 e. The van der Waals surface area contributed by atoms with Gasteiger partial charge in [-0.05, 0) is 157 Å². The molecule has 0 aromatic heterocycles. The first kappa shape index (κ1) is 113. The summed E-state index contributed by atoms with van der Waals surface area (Å²) in [4.78, 5) is 239. The quantitative estimate of drug-likeness (QED) is 0.0303. The molecule has 58 heteroatoms. The first-order valence-electron chi connectivity index (χ1n) is 27.9. The van der Waals surface area contributed by atoms with Gasteiger partial charge in [0.25, 0.3) is 12.2 Å². The van der Waals surface area contributed by atoms with E-state index in [9.17, 15) is 76.7 Å². The summed E-state index contributed by atoms with van der Waals surface area (Å²) in [5, 5.41) is 48.3. The Morgan fingerprint density at radius 3 is 0.708 bits per heavy atom. The van der Waals surface area contributed by atoms with E-state index in [-0.39, 0.29) is 6.10 Å². The Hall–Kier alpha value is -18.4. The van der Waals surface area contributed by atoms with E-state index in [4.69, 9.17) is 42.6 Å². The van der Waals surface area contributed by atoms with Crippen LogP contribution in [0.25, 0.3) is 0 Å². The highest BCUT2D eigenvalue weighted by Gasteiger charge is 2.18. The van der Waals surface area contributed by atoms with Crippen molar-refractivity contribution in [2.75, 3.05) is 0 Å². The van der Waals surface area contributed by atoms with Gasteiger partial charge in [-0.25, -0.2) is 205 Å². The van der Waals surface area contributed by atoms with E-state index < -0.39 is 110 Å². The predicted octanol–water partition coefficient (Wildman–Crippen LogP) is -0.00796. The van der Waals surface area contributed by atoms with Crippen LogP contribution in [0.15, 0.2) is 10.3 Å². The third kappa shape index (κ3) is 110. The number of hydrogen-bond donors (Lipinski definition) is 18. The Labute approximate surface area is 634 Å². The highest BCUT2D eigenvalue weighted by Crippen LogP contribution is 1.92. The molecule has 113 heavy (non-hydrogen) atoms. The van der Waals surface area contributed by atoms with Gasteiger partial charge in [-0.2, -0.15) is 5.43 Å². The monoisotopic (exact) mass is 1610 g/mol. The zero-order valence-electron chi connectivity index (χ0n) is 59.8. The number of aliphatic hydroxyl groups excluding tert-OH is 1. The lowest BCUT2D eigenvalue weighted by Crippen LogP contribution is -2.46. The molecule has 0 heterocycles. The highest BCUT2D eigenvalue weighted by atomic mass is 17.3. The molecule has 58 nitrogen and oxygen atoms in total. The number of aliphatic hydroxyl groups is 1. The zero-order chi connectivity index (χ0) is 88.3. The van der Waals surface area contributed by atoms with Gasteiger partial charge in [0.15, 0.2) is 0 Å². The second-order valence-corrected chi connectivity index (χ2v) is 14.9. The van der Waals surface area contributed by atoms with E-state index in [2.05, 4.69) is 198 Å².